The lowest BCUT2D eigenvalue weighted by Crippen LogP contribution is -2.22. The average Bonchev–Trinajstić information content (AvgIpc) is 2.65. The van der Waals surface area contributed by atoms with E-state index in [-0.39, 0.29) is 22.2 Å². The van der Waals surface area contributed by atoms with Gasteiger partial charge in [0.05, 0.1) is 5.75 Å². The number of benzene rings is 2. The maximum Gasteiger partial charge on any atom is 0.287 e. The molecular formula is C20H18BrN3O2S. The molecule has 0 bridgehead atoms. The van der Waals surface area contributed by atoms with Crippen LogP contribution in [0.25, 0.3) is 5.69 Å². The molecule has 0 atom stereocenters. The normalized spacial score (nSPS) is 10.6. The Morgan fingerprint density at radius 1 is 1.19 bits per heavy atom. The predicted octanol–water partition coefficient (Wildman–Crippen LogP) is 4.34. The minimum absolute atomic E-state index is 0.111. The lowest BCUT2D eigenvalue weighted by molar-refractivity contribution is -0.113. The van der Waals surface area contributed by atoms with E-state index in [0.717, 1.165) is 38.7 Å². The van der Waals surface area contributed by atoms with Crippen LogP contribution in [0, 0.1) is 13.8 Å². The number of hydrogen-bond donors (Lipinski definition) is 1. The minimum Gasteiger partial charge on any atom is -0.325 e. The van der Waals surface area contributed by atoms with E-state index in [0.29, 0.717) is 0 Å². The highest BCUT2D eigenvalue weighted by Crippen LogP contribution is 2.18. The molecule has 0 aliphatic carbocycles. The summed E-state index contributed by atoms with van der Waals surface area (Å²) in [5.74, 6) is -0.0612. The molecule has 5 nitrogen and oxygen atoms in total. The molecule has 27 heavy (non-hydrogen) atoms. The number of thioether (sulfide) groups is 1. The van der Waals surface area contributed by atoms with Gasteiger partial charge in [-0.25, -0.2) is 4.98 Å². The maximum atomic E-state index is 12.7. The van der Waals surface area contributed by atoms with Crippen molar-refractivity contribution in [2.45, 2.75) is 18.9 Å². The van der Waals surface area contributed by atoms with Crippen molar-refractivity contribution < 1.29 is 4.79 Å². The maximum absolute atomic E-state index is 12.7. The van der Waals surface area contributed by atoms with Crippen molar-refractivity contribution >= 4 is 39.3 Å². The lowest BCUT2D eigenvalue weighted by Gasteiger charge is -2.10. The summed E-state index contributed by atoms with van der Waals surface area (Å²) in [6.07, 6.45) is 3.18. The van der Waals surface area contributed by atoms with Gasteiger partial charge in [-0.1, -0.05) is 39.8 Å². The second-order valence-electron chi connectivity index (χ2n) is 6.04. The highest BCUT2D eigenvalue weighted by atomic mass is 79.9. The van der Waals surface area contributed by atoms with E-state index in [1.54, 1.807) is 12.4 Å². The van der Waals surface area contributed by atoms with Crippen LogP contribution in [0.2, 0.25) is 0 Å². The van der Waals surface area contributed by atoms with E-state index in [1.807, 2.05) is 56.3 Å². The summed E-state index contributed by atoms with van der Waals surface area (Å²) < 4.78 is 2.45. The molecule has 0 fully saturated rings. The molecule has 0 saturated heterocycles. The fraction of sp³-hybridized carbons (Fsp3) is 0.150. The van der Waals surface area contributed by atoms with Gasteiger partial charge in [0.15, 0.2) is 5.03 Å². The molecule has 1 heterocycles. The van der Waals surface area contributed by atoms with E-state index in [4.69, 9.17) is 0 Å². The van der Waals surface area contributed by atoms with E-state index in [2.05, 4.69) is 26.2 Å². The predicted molar refractivity (Wildman–Crippen MR) is 113 cm³/mol. The molecule has 2 aromatic carbocycles. The van der Waals surface area contributed by atoms with Crippen molar-refractivity contribution in [1.82, 2.24) is 9.55 Å². The van der Waals surface area contributed by atoms with Gasteiger partial charge in [-0.2, -0.15) is 0 Å². The number of nitrogens with one attached hydrogen (secondary N) is 1. The van der Waals surface area contributed by atoms with Gasteiger partial charge in [-0.15, -0.1) is 0 Å². The summed E-state index contributed by atoms with van der Waals surface area (Å²) in [5.41, 5.74) is 3.35. The van der Waals surface area contributed by atoms with Gasteiger partial charge in [0.2, 0.25) is 5.91 Å². The van der Waals surface area contributed by atoms with E-state index in [1.165, 1.54) is 4.57 Å². The summed E-state index contributed by atoms with van der Waals surface area (Å²) in [6.45, 7) is 3.92. The first kappa shape index (κ1) is 19.4. The van der Waals surface area contributed by atoms with Gasteiger partial charge in [-0.3, -0.25) is 14.2 Å². The highest BCUT2D eigenvalue weighted by Gasteiger charge is 2.11. The van der Waals surface area contributed by atoms with E-state index in [9.17, 15) is 9.59 Å². The zero-order chi connectivity index (χ0) is 19.4. The van der Waals surface area contributed by atoms with Crippen LogP contribution in [0.15, 0.2) is 69.2 Å². The molecule has 1 amide bonds. The van der Waals surface area contributed by atoms with Crippen molar-refractivity contribution in [2.75, 3.05) is 11.1 Å². The van der Waals surface area contributed by atoms with Crippen molar-refractivity contribution in [3.05, 3.63) is 80.8 Å². The molecule has 1 N–H and O–H groups in total. The van der Waals surface area contributed by atoms with E-state index < -0.39 is 0 Å². The number of amides is 1. The van der Waals surface area contributed by atoms with Gasteiger partial charge in [0.25, 0.3) is 5.56 Å². The summed E-state index contributed by atoms with van der Waals surface area (Å²) >= 11 is 4.51. The Balaban J connectivity index is 1.72. The number of anilines is 1. The van der Waals surface area contributed by atoms with Crippen LogP contribution in [0.1, 0.15) is 11.1 Å². The molecule has 0 saturated carbocycles. The Kier molecular flexibility index (Phi) is 6.13. The van der Waals surface area contributed by atoms with Gasteiger partial charge in [0, 0.05) is 28.2 Å². The number of rotatable bonds is 5. The fourth-order valence-corrected chi connectivity index (χ4v) is 3.45. The molecule has 0 radical (unpaired) electrons. The van der Waals surface area contributed by atoms with Gasteiger partial charge >= 0.3 is 0 Å². The Hall–Kier alpha value is -2.38. The summed E-state index contributed by atoms with van der Waals surface area (Å²) in [4.78, 5) is 29.1. The van der Waals surface area contributed by atoms with Gasteiger partial charge in [-0.05, 0) is 55.3 Å². The number of carbonyl (C=O) groups excluding carboxylic acids is 1. The summed E-state index contributed by atoms with van der Waals surface area (Å²) in [6, 6.07) is 13.3. The SMILES string of the molecule is Cc1ccc(C)c(NC(=O)CSc2nccn(-c3ccc(Br)cc3)c2=O)c1. The third kappa shape index (κ3) is 4.87. The molecule has 7 heteroatoms. The number of aryl methyl sites for hydroxylation is 2. The van der Waals surface area contributed by atoms with Crippen LogP contribution in [-0.2, 0) is 4.79 Å². The molecule has 0 aliphatic heterocycles. The molecule has 0 aliphatic rings. The Morgan fingerprint density at radius 3 is 2.67 bits per heavy atom. The van der Waals surface area contributed by atoms with E-state index >= 15 is 0 Å². The molecule has 3 rings (SSSR count). The minimum atomic E-state index is -0.246. The van der Waals surface area contributed by atoms with Crippen LogP contribution in [-0.4, -0.2) is 21.2 Å². The van der Waals surface area contributed by atoms with Crippen molar-refractivity contribution in [3.8, 4) is 5.69 Å². The zero-order valence-corrected chi connectivity index (χ0v) is 17.3. The number of nitrogens with zero attached hydrogens (tertiary/aromatic N) is 2. The third-order valence-electron chi connectivity index (χ3n) is 3.92. The number of halogens is 1. The fourth-order valence-electron chi connectivity index (χ4n) is 2.49. The number of carbonyl (C=O) groups is 1. The molecule has 138 valence electrons. The first-order valence-electron chi connectivity index (χ1n) is 8.27. The second-order valence-corrected chi connectivity index (χ2v) is 7.92. The lowest BCUT2D eigenvalue weighted by atomic mass is 10.1. The van der Waals surface area contributed by atoms with Crippen molar-refractivity contribution in [3.63, 3.8) is 0 Å². The number of hydrogen-bond acceptors (Lipinski definition) is 4. The van der Waals surface area contributed by atoms with Crippen LogP contribution < -0.4 is 10.9 Å². The average molecular weight is 444 g/mol. The Morgan fingerprint density at radius 2 is 1.93 bits per heavy atom. The molecule has 3 aromatic rings. The summed E-state index contributed by atoms with van der Waals surface area (Å²) in [5, 5.41) is 3.18. The molecule has 0 unspecified atom stereocenters. The number of aromatic nitrogens is 2. The second kappa shape index (κ2) is 8.54. The standard InChI is InChI=1S/C20H18BrN3O2S/c1-13-3-4-14(2)17(11-13)23-18(25)12-27-19-20(26)24(10-9-22-19)16-7-5-15(21)6-8-16/h3-11H,12H2,1-2H3,(H,23,25). The zero-order valence-electron chi connectivity index (χ0n) is 14.9. The molecule has 0 spiro atoms. The van der Waals surface area contributed by atoms with Crippen LogP contribution in [0.3, 0.4) is 0 Å². The smallest absolute Gasteiger partial charge is 0.287 e. The molecule has 1 aromatic heterocycles. The first-order chi connectivity index (χ1) is 12.9. The van der Waals surface area contributed by atoms with Crippen molar-refractivity contribution in [1.29, 1.82) is 0 Å². The van der Waals surface area contributed by atoms with Crippen LogP contribution >= 0.6 is 27.7 Å². The highest BCUT2D eigenvalue weighted by molar-refractivity contribution is 9.10. The topological polar surface area (TPSA) is 64.0 Å². The van der Waals surface area contributed by atoms with Crippen LogP contribution in [0.4, 0.5) is 5.69 Å². The summed E-state index contributed by atoms with van der Waals surface area (Å²) in [7, 11) is 0. The largest absolute Gasteiger partial charge is 0.325 e. The Bertz CT molecular complexity index is 1030. The molecular weight excluding hydrogens is 426 g/mol. The van der Waals surface area contributed by atoms with Crippen LogP contribution in [0.5, 0.6) is 0 Å². The van der Waals surface area contributed by atoms with Gasteiger partial charge < -0.3 is 5.32 Å². The Labute approximate surface area is 170 Å². The van der Waals surface area contributed by atoms with Gasteiger partial charge in [0.1, 0.15) is 0 Å². The first-order valence-corrected chi connectivity index (χ1v) is 10.1. The monoisotopic (exact) mass is 443 g/mol. The quantitative estimate of drug-likeness (QED) is 0.595. The third-order valence-corrected chi connectivity index (χ3v) is 5.41. The van der Waals surface area contributed by atoms with Crippen molar-refractivity contribution in [2.24, 2.45) is 0 Å².